The van der Waals surface area contributed by atoms with Crippen LogP contribution in [-0.4, -0.2) is 18.9 Å². The van der Waals surface area contributed by atoms with Crippen molar-refractivity contribution in [2.24, 2.45) is 17.6 Å². The molecule has 14 heavy (non-hydrogen) atoms. The van der Waals surface area contributed by atoms with Crippen LogP contribution in [0, 0.1) is 11.8 Å². The van der Waals surface area contributed by atoms with Crippen LogP contribution in [0.25, 0.3) is 0 Å². The predicted molar refractivity (Wildman–Crippen MR) is 53.5 cm³/mol. The lowest BCUT2D eigenvalue weighted by molar-refractivity contribution is -0.120. The molecule has 3 heteroatoms. The van der Waals surface area contributed by atoms with Crippen molar-refractivity contribution < 1.29 is 9.53 Å². The van der Waals surface area contributed by atoms with Crippen molar-refractivity contribution in [3.05, 3.63) is 11.8 Å². The molecule has 2 rings (SSSR count). The fourth-order valence-electron chi connectivity index (χ4n) is 2.47. The summed E-state index contributed by atoms with van der Waals surface area (Å²) >= 11 is 0. The third kappa shape index (κ3) is 1.69. The highest BCUT2D eigenvalue weighted by molar-refractivity contribution is 5.97. The molecule has 0 saturated heterocycles. The molecule has 1 heterocycles. The Bertz CT molecular complexity index is 260. The fraction of sp³-hybridized carbons (Fsp3) is 0.727. The number of Topliss-reactive ketones (excluding diaryl/α,β-unsaturated/α-hetero) is 1. The minimum Gasteiger partial charge on any atom is -0.500 e. The second kappa shape index (κ2) is 4.13. The average Bonchev–Trinajstić information content (AvgIpc) is 2.87. The van der Waals surface area contributed by atoms with Crippen LogP contribution in [0.4, 0.5) is 0 Å². The molecular formula is C11H17NO2. The SMILES string of the molecule is NC[C@@H]1CCC[C@@H]1C(=O)C1=COCC1. The van der Waals surface area contributed by atoms with Crippen LogP contribution in [0.3, 0.4) is 0 Å². The van der Waals surface area contributed by atoms with E-state index in [4.69, 9.17) is 10.5 Å². The molecule has 1 fully saturated rings. The molecule has 1 saturated carbocycles. The van der Waals surface area contributed by atoms with Gasteiger partial charge in [0.2, 0.25) is 0 Å². The molecule has 1 aliphatic carbocycles. The second-order valence-electron chi connectivity index (χ2n) is 4.16. The van der Waals surface area contributed by atoms with Gasteiger partial charge in [0.15, 0.2) is 5.78 Å². The summed E-state index contributed by atoms with van der Waals surface area (Å²) in [6, 6.07) is 0. The zero-order chi connectivity index (χ0) is 9.97. The molecule has 3 nitrogen and oxygen atoms in total. The van der Waals surface area contributed by atoms with Crippen molar-refractivity contribution in [2.75, 3.05) is 13.2 Å². The minimum absolute atomic E-state index is 0.174. The van der Waals surface area contributed by atoms with E-state index in [2.05, 4.69) is 0 Å². The summed E-state index contributed by atoms with van der Waals surface area (Å²) in [5.41, 5.74) is 6.53. The maximum atomic E-state index is 12.0. The highest BCUT2D eigenvalue weighted by Crippen LogP contribution is 2.34. The van der Waals surface area contributed by atoms with E-state index >= 15 is 0 Å². The Morgan fingerprint density at radius 2 is 2.43 bits per heavy atom. The summed E-state index contributed by atoms with van der Waals surface area (Å²) in [5.74, 6) is 0.868. The molecule has 2 atom stereocenters. The van der Waals surface area contributed by atoms with Crippen molar-refractivity contribution in [3.63, 3.8) is 0 Å². The van der Waals surface area contributed by atoms with Gasteiger partial charge in [-0.2, -0.15) is 0 Å². The smallest absolute Gasteiger partial charge is 0.165 e. The average molecular weight is 195 g/mol. The van der Waals surface area contributed by atoms with E-state index in [-0.39, 0.29) is 11.7 Å². The molecule has 0 aromatic carbocycles. The Labute approximate surface area is 84.3 Å². The van der Waals surface area contributed by atoms with Crippen molar-refractivity contribution in [2.45, 2.75) is 25.7 Å². The van der Waals surface area contributed by atoms with Gasteiger partial charge in [0.25, 0.3) is 0 Å². The lowest BCUT2D eigenvalue weighted by atomic mass is 9.88. The predicted octanol–water partition coefficient (Wildman–Crippen LogP) is 1.23. The lowest BCUT2D eigenvalue weighted by Gasteiger charge is -2.16. The third-order valence-corrected chi connectivity index (χ3v) is 3.33. The molecule has 78 valence electrons. The number of hydrogen-bond donors (Lipinski definition) is 1. The number of ketones is 1. The summed E-state index contributed by atoms with van der Waals surface area (Å²) in [6.45, 7) is 1.31. The quantitative estimate of drug-likeness (QED) is 0.737. The van der Waals surface area contributed by atoms with E-state index in [9.17, 15) is 4.79 Å². The van der Waals surface area contributed by atoms with Crippen molar-refractivity contribution >= 4 is 5.78 Å². The van der Waals surface area contributed by atoms with E-state index in [0.717, 1.165) is 31.3 Å². The minimum atomic E-state index is 0.174. The topological polar surface area (TPSA) is 52.3 Å². The van der Waals surface area contributed by atoms with E-state index in [0.29, 0.717) is 19.1 Å². The highest BCUT2D eigenvalue weighted by atomic mass is 16.5. The van der Waals surface area contributed by atoms with Gasteiger partial charge in [-0.15, -0.1) is 0 Å². The van der Waals surface area contributed by atoms with E-state index in [1.54, 1.807) is 6.26 Å². The third-order valence-electron chi connectivity index (χ3n) is 3.33. The normalized spacial score (nSPS) is 31.4. The molecule has 0 aromatic rings. The lowest BCUT2D eigenvalue weighted by Crippen LogP contribution is -2.25. The summed E-state index contributed by atoms with van der Waals surface area (Å²) in [4.78, 5) is 12.0. The Kier molecular flexibility index (Phi) is 2.87. The number of carbonyl (C=O) groups is 1. The van der Waals surface area contributed by atoms with Gasteiger partial charge in [0.1, 0.15) is 0 Å². The van der Waals surface area contributed by atoms with Crippen LogP contribution in [-0.2, 0) is 9.53 Å². The second-order valence-corrected chi connectivity index (χ2v) is 4.16. The number of nitrogens with two attached hydrogens (primary N) is 1. The Morgan fingerprint density at radius 1 is 1.57 bits per heavy atom. The largest absolute Gasteiger partial charge is 0.500 e. The van der Waals surface area contributed by atoms with Gasteiger partial charge >= 0.3 is 0 Å². The molecule has 0 bridgehead atoms. The van der Waals surface area contributed by atoms with Crippen molar-refractivity contribution in [3.8, 4) is 0 Å². The number of ether oxygens (including phenoxy) is 1. The summed E-state index contributed by atoms with van der Waals surface area (Å²) in [7, 11) is 0. The molecule has 2 N–H and O–H groups in total. The molecule has 0 radical (unpaired) electrons. The summed E-state index contributed by atoms with van der Waals surface area (Å²) in [5, 5.41) is 0. The van der Waals surface area contributed by atoms with Gasteiger partial charge in [-0.25, -0.2) is 0 Å². The van der Waals surface area contributed by atoms with Gasteiger partial charge in [-0.05, 0) is 25.3 Å². The molecular weight excluding hydrogens is 178 g/mol. The molecule has 2 aliphatic rings. The van der Waals surface area contributed by atoms with Crippen molar-refractivity contribution in [1.29, 1.82) is 0 Å². The van der Waals surface area contributed by atoms with Gasteiger partial charge < -0.3 is 10.5 Å². The Morgan fingerprint density at radius 3 is 3.07 bits per heavy atom. The van der Waals surface area contributed by atoms with Crippen LogP contribution in [0.2, 0.25) is 0 Å². The monoisotopic (exact) mass is 195 g/mol. The number of rotatable bonds is 3. The van der Waals surface area contributed by atoms with Crippen LogP contribution < -0.4 is 5.73 Å². The van der Waals surface area contributed by atoms with Crippen LogP contribution >= 0.6 is 0 Å². The molecule has 0 amide bonds. The van der Waals surface area contributed by atoms with E-state index in [1.807, 2.05) is 0 Å². The fourth-order valence-corrected chi connectivity index (χ4v) is 2.47. The molecule has 1 aliphatic heterocycles. The zero-order valence-corrected chi connectivity index (χ0v) is 8.37. The first-order chi connectivity index (χ1) is 6.83. The van der Waals surface area contributed by atoms with Crippen LogP contribution in [0.5, 0.6) is 0 Å². The molecule has 0 spiro atoms. The first-order valence-corrected chi connectivity index (χ1v) is 5.38. The summed E-state index contributed by atoms with van der Waals surface area (Å²) < 4.78 is 5.09. The van der Waals surface area contributed by atoms with Gasteiger partial charge in [-0.3, -0.25) is 4.79 Å². The van der Waals surface area contributed by atoms with Crippen LogP contribution in [0.1, 0.15) is 25.7 Å². The number of carbonyl (C=O) groups excluding carboxylic acids is 1. The van der Waals surface area contributed by atoms with Gasteiger partial charge in [-0.1, -0.05) is 6.42 Å². The zero-order valence-electron chi connectivity index (χ0n) is 8.37. The summed E-state index contributed by atoms with van der Waals surface area (Å²) in [6.07, 6.45) is 5.69. The van der Waals surface area contributed by atoms with E-state index < -0.39 is 0 Å². The van der Waals surface area contributed by atoms with Gasteiger partial charge in [0, 0.05) is 17.9 Å². The van der Waals surface area contributed by atoms with Crippen molar-refractivity contribution in [1.82, 2.24) is 0 Å². The molecule has 0 unspecified atom stereocenters. The van der Waals surface area contributed by atoms with E-state index in [1.165, 1.54) is 0 Å². The maximum absolute atomic E-state index is 12.0. The highest BCUT2D eigenvalue weighted by Gasteiger charge is 2.34. The van der Waals surface area contributed by atoms with Crippen LogP contribution in [0.15, 0.2) is 11.8 Å². The van der Waals surface area contributed by atoms with Gasteiger partial charge in [0.05, 0.1) is 12.9 Å². The standard InChI is InChI=1S/C11H17NO2/c12-6-8-2-1-3-10(8)11(13)9-4-5-14-7-9/h7-8,10H,1-6,12H2/t8-,10-/m0/s1. The Balaban J connectivity index is 2.03. The molecule has 0 aromatic heterocycles. The number of hydrogen-bond acceptors (Lipinski definition) is 3. The first-order valence-electron chi connectivity index (χ1n) is 5.38. The first kappa shape index (κ1) is 9.71. The Hall–Kier alpha value is -0.830. The maximum Gasteiger partial charge on any atom is 0.165 e.